The molecule has 0 spiro atoms. The molecule has 0 atom stereocenters. The zero-order valence-corrected chi connectivity index (χ0v) is 13.3. The van der Waals surface area contributed by atoms with Crippen LogP contribution in [0.15, 0.2) is 53.7 Å². The summed E-state index contributed by atoms with van der Waals surface area (Å²) in [5.41, 5.74) is 1.99. The van der Waals surface area contributed by atoms with E-state index in [-0.39, 0.29) is 4.90 Å². The third kappa shape index (κ3) is 2.16. The van der Waals surface area contributed by atoms with Gasteiger partial charge in [-0.25, -0.2) is 17.4 Å². The molecule has 23 heavy (non-hydrogen) atoms. The van der Waals surface area contributed by atoms with Gasteiger partial charge in [0.25, 0.3) is 10.0 Å². The first-order valence-corrected chi connectivity index (χ1v) is 8.67. The van der Waals surface area contributed by atoms with Gasteiger partial charge < -0.3 is 9.64 Å². The maximum Gasteiger partial charge on any atom is 0.269 e. The summed E-state index contributed by atoms with van der Waals surface area (Å²) in [6, 6.07) is 12.1. The Bertz CT molecular complexity index is 995. The molecule has 6 nitrogen and oxygen atoms in total. The lowest BCUT2D eigenvalue weighted by Crippen LogP contribution is -2.29. The average molecular weight is 329 g/mol. The van der Waals surface area contributed by atoms with Crippen molar-refractivity contribution in [1.29, 1.82) is 0 Å². The highest BCUT2D eigenvalue weighted by Crippen LogP contribution is 2.33. The molecule has 118 valence electrons. The van der Waals surface area contributed by atoms with Crippen LogP contribution in [0.2, 0.25) is 0 Å². The number of para-hydroxylation sites is 2. The number of fused-ring (bicyclic) bond motifs is 2. The SMILES string of the molecule is CN1CCOc2ccc(S(=O)(=O)n3cnc4ccccc43)cc21. The molecule has 2 heterocycles. The second-order valence-corrected chi connectivity index (χ2v) is 7.25. The summed E-state index contributed by atoms with van der Waals surface area (Å²) in [5, 5.41) is 0. The number of hydrogen-bond acceptors (Lipinski definition) is 5. The second kappa shape index (κ2) is 4.99. The van der Waals surface area contributed by atoms with Crippen molar-refractivity contribution in [2.24, 2.45) is 0 Å². The Balaban J connectivity index is 1.88. The standard InChI is InChI=1S/C16H15N3O3S/c1-18-8-9-22-16-7-6-12(10-15(16)18)23(20,21)19-11-17-13-4-2-3-5-14(13)19/h2-7,10-11H,8-9H2,1H3. The Labute approximate surface area is 134 Å². The van der Waals surface area contributed by atoms with Gasteiger partial charge in [0.15, 0.2) is 0 Å². The summed E-state index contributed by atoms with van der Waals surface area (Å²) in [5.74, 6) is 0.702. The normalized spacial score (nSPS) is 14.6. The van der Waals surface area contributed by atoms with Crippen molar-refractivity contribution < 1.29 is 13.2 Å². The molecule has 0 fully saturated rings. The first-order valence-electron chi connectivity index (χ1n) is 7.23. The summed E-state index contributed by atoms with van der Waals surface area (Å²) in [6.07, 6.45) is 1.35. The molecule has 0 aliphatic carbocycles. The molecule has 1 aliphatic heterocycles. The van der Waals surface area contributed by atoms with Crippen molar-refractivity contribution in [2.45, 2.75) is 4.90 Å². The van der Waals surface area contributed by atoms with Crippen LogP contribution in [0.25, 0.3) is 11.0 Å². The monoisotopic (exact) mass is 329 g/mol. The molecule has 3 aromatic rings. The molecule has 4 rings (SSSR count). The quantitative estimate of drug-likeness (QED) is 0.720. The van der Waals surface area contributed by atoms with E-state index in [1.54, 1.807) is 36.4 Å². The van der Waals surface area contributed by atoms with E-state index in [1.165, 1.54) is 10.3 Å². The van der Waals surface area contributed by atoms with Crippen molar-refractivity contribution in [3.8, 4) is 5.75 Å². The highest BCUT2D eigenvalue weighted by atomic mass is 32.2. The Morgan fingerprint density at radius 3 is 2.87 bits per heavy atom. The Hall–Kier alpha value is -2.54. The fourth-order valence-electron chi connectivity index (χ4n) is 2.73. The van der Waals surface area contributed by atoms with Crippen molar-refractivity contribution >= 4 is 26.7 Å². The lowest BCUT2D eigenvalue weighted by atomic mass is 10.2. The highest BCUT2D eigenvalue weighted by molar-refractivity contribution is 7.90. The lowest BCUT2D eigenvalue weighted by Gasteiger charge is -2.28. The van der Waals surface area contributed by atoms with Crippen LogP contribution in [0.5, 0.6) is 5.75 Å². The highest BCUT2D eigenvalue weighted by Gasteiger charge is 2.23. The van der Waals surface area contributed by atoms with E-state index in [0.29, 0.717) is 23.4 Å². The van der Waals surface area contributed by atoms with Gasteiger partial charge in [-0.3, -0.25) is 0 Å². The van der Waals surface area contributed by atoms with Crippen LogP contribution in [0, 0.1) is 0 Å². The number of likely N-dealkylation sites (N-methyl/N-ethyl adjacent to an activating group) is 1. The largest absolute Gasteiger partial charge is 0.490 e. The minimum absolute atomic E-state index is 0.219. The molecule has 0 radical (unpaired) electrons. The molecule has 0 bridgehead atoms. The first-order chi connectivity index (χ1) is 11.1. The average Bonchev–Trinajstić information content (AvgIpc) is 3.00. The Morgan fingerprint density at radius 1 is 1.17 bits per heavy atom. The first kappa shape index (κ1) is 14.1. The molecular weight excluding hydrogens is 314 g/mol. The van der Waals surface area contributed by atoms with Gasteiger partial charge in [-0.1, -0.05) is 12.1 Å². The van der Waals surface area contributed by atoms with Crippen molar-refractivity contribution in [1.82, 2.24) is 8.96 Å². The predicted molar refractivity (Wildman–Crippen MR) is 87.5 cm³/mol. The van der Waals surface area contributed by atoms with Gasteiger partial charge in [0, 0.05) is 7.05 Å². The minimum Gasteiger partial charge on any atom is -0.490 e. The Kier molecular flexibility index (Phi) is 3.05. The number of ether oxygens (including phenoxy) is 1. The van der Waals surface area contributed by atoms with E-state index in [2.05, 4.69) is 4.98 Å². The zero-order chi connectivity index (χ0) is 16.0. The van der Waals surface area contributed by atoms with E-state index in [1.807, 2.05) is 18.0 Å². The Morgan fingerprint density at radius 2 is 2.00 bits per heavy atom. The van der Waals surface area contributed by atoms with Crippen molar-refractivity contribution in [2.75, 3.05) is 25.1 Å². The van der Waals surface area contributed by atoms with Gasteiger partial charge in [0.05, 0.1) is 28.2 Å². The molecule has 0 saturated carbocycles. The van der Waals surface area contributed by atoms with Crippen molar-refractivity contribution in [3.05, 3.63) is 48.8 Å². The van der Waals surface area contributed by atoms with Gasteiger partial charge in [-0.15, -0.1) is 0 Å². The topological polar surface area (TPSA) is 64.4 Å². The van der Waals surface area contributed by atoms with E-state index in [4.69, 9.17) is 4.74 Å². The third-order valence-electron chi connectivity index (χ3n) is 4.00. The van der Waals surface area contributed by atoms with Crippen LogP contribution in [0.3, 0.4) is 0 Å². The lowest BCUT2D eigenvalue weighted by molar-refractivity contribution is 0.311. The maximum atomic E-state index is 13.0. The van der Waals surface area contributed by atoms with E-state index >= 15 is 0 Å². The molecule has 0 saturated heterocycles. The molecule has 1 aromatic heterocycles. The number of aromatic nitrogens is 2. The summed E-state index contributed by atoms with van der Waals surface area (Å²) < 4.78 is 32.7. The molecule has 0 amide bonds. The molecular formula is C16H15N3O3S. The zero-order valence-electron chi connectivity index (χ0n) is 12.5. The maximum absolute atomic E-state index is 13.0. The number of hydrogen-bond donors (Lipinski definition) is 0. The number of imidazole rings is 1. The van der Waals surface area contributed by atoms with Crippen LogP contribution in [-0.4, -0.2) is 37.6 Å². The fraction of sp³-hybridized carbons (Fsp3) is 0.188. The van der Waals surface area contributed by atoms with Gasteiger partial charge in [-0.05, 0) is 30.3 Å². The van der Waals surface area contributed by atoms with Crippen LogP contribution >= 0.6 is 0 Å². The number of benzene rings is 2. The summed E-state index contributed by atoms with van der Waals surface area (Å²) in [6.45, 7) is 1.33. The fourth-order valence-corrected chi connectivity index (χ4v) is 4.04. The second-order valence-electron chi connectivity index (χ2n) is 5.43. The summed E-state index contributed by atoms with van der Waals surface area (Å²) in [4.78, 5) is 6.37. The smallest absolute Gasteiger partial charge is 0.269 e. The van der Waals surface area contributed by atoms with Crippen LogP contribution in [0.1, 0.15) is 0 Å². The van der Waals surface area contributed by atoms with Crippen LogP contribution < -0.4 is 9.64 Å². The van der Waals surface area contributed by atoms with E-state index in [9.17, 15) is 8.42 Å². The van der Waals surface area contributed by atoms with Gasteiger partial charge in [0.1, 0.15) is 18.7 Å². The summed E-state index contributed by atoms with van der Waals surface area (Å²) in [7, 11) is -1.79. The number of rotatable bonds is 2. The van der Waals surface area contributed by atoms with Gasteiger partial charge in [-0.2, -0.15) is 0 Å². The van der Waals surface area contributed by atoms with Crippen molar-refractivity contribution in [3.63, 3.8) is 0 Å². The predicted octanol–water partition coefficient (Wildman–Crippen LogP) is 2.10. The van der Waals surface area contributed by atoms with Gasteiger partial charge >= 0.3 is 0 Å². The summed E-state index contributed by atoms with van der Waals surface area (Å²) >= 11 is 0. The number of anilines is 1. The molecule has 7 heteroatoms. The molecule has 2 aromatic carbocycles. The van der Waals surface area contributed by atoms with Crippen LogP contribution in [0.4, 0.5) is 5.69 Å². The number of nitrogens with zero attached hydrogens (tertiary/aromatic N) is 3. The van der Waals surface area contributed by atoms with E-state index in [0.717, 1.165) is 12.2 Å². The molecule has 0 unspecified atom stereocenters. The molecule has 0 N–H and O–H groups in total. The van der Waals surface area contributed by atoms with Crippen LogP contribution in [-0.2, 0) is 10.0 Å². The van der Waals surface area contributed by atoms with Gasteiger partial charge in [0.2, 0.25) is 0 Å². The molecule has 1 aliphatic rings. The van der Waals surface area contributed by atoms with E-state index < -0.39 is 10.0 Å². The third-order valence-corrected chi connectivity index (χ3v) is 5.66. The minimum atomic E-state index is -3.71.